The Morgan fingerprint density at radius 3 is 3.00 bits per heavy atom. The number of ether oxygens (including phenoxy) is 1. The molecule has 0 aromatic heterocycles. The lowest BCUT2D eigenvalue weighted by atomic mass is 9.99. The first kappa shape index (κ1) is 15.8. The summed E-state index contributed by atoms with van der Waals surface area (Å²) >= 11 is 0. The van der Waals surface area contributed by atoms with Crippen molar-refractivity contribution < 1.29 is 9.53 Å². The Balaban J connectivity index is 2.12. The molecule has 2 rings (SSSR count). The largest absolute Gasteiger partial charge is 0.468 e. The normalized spacial score (nSPS) is 15.5. The molecule has 0 saturated carbocycles. The monoisotopic (exact) mass is 290 g/mol. The molecule has 1 aliphatic rings. The molecule has 1 unspecified atom stereocenters. The van der Waals surface area contributed by atoms with Gasteiger partial charge < -0.3 is 15.0 Å². The molecule has 0 spiro atoms. The molecule has 0 radical (unpaired) electrons. The smallest absolute Gasteiger partial charge is 0.324 e. The lowest BCUT2D eigenvalue weighted by molar-refractivity contribution is -0.142. The Morgan fingerprint density at radius 2 is 2.29 bits per heavy atom. The standard InChI is InChI=1S/C17H26N2O2/c1-4-9-18-15(17(20)21-3)12-19-10-5-6-14-11-13(2)7-8-16(14)19/h7-8,11,15,18H,4-6,9-10,12H2,1-3H3. The third-order valence-electron chi connectivity index (χ3n) is 3.98. The highest BCUT2D eigenvalue weighted by Gasteiger charge is 2.24. The predicted molar refractivity (Wildman–Crippen MR) is 85.8 cm³/mol. The zero-order valence-corrected chi connectivity index (χ0v) is 13.3. The third-order valence-corrected chi connectivity index (χ3v) is 3.98. The van der Waals surface area contributed by atoms with Gasteiger partial charge in [-0.3, -0.25) is 4.79 Å². The summed E-state index contributed by atoms with van der Waals surface area (Å²) in [6, 6.07) is 6.32. The van der Waals surface area contributed by atoms with Gasteiger partial charge in [-0.2, -0.15) is 0 Å². The summed E-state index contributed by atoms with van der Waals surface area (Å²) in [5.74, 6) is -0.178. The Morgan fingerprint density at radius 1 is 1.48 bits per heavy atom. The van der Waals surface area contributed by atoms with E-state index in [-0.39, 0.29) is 12.0 Å². The molecular weight excluding hydrogens is 264 g/mol. The topological polar surface area (TPSA) is 41.6 Å². The Kier molecular flexibility index (Phi) is 5.62. The van der Waals surface area contributed by atoms with Gasteiger partial charge in [-0.1, -0.05) is 24.6 Å². The maximum Gasteiger partial charge on any atom is 0.324 e. The van der Waals surface area contributed by atoms with Crippen LogP contribution in [0.1, 0.15) is 30.9 Å². The van der Waals surface area contributed by atoms with E-state index in [1.165, 1.54) is 23.9 Å². The number of methoxy groups -OCH3 is 1. The van der Waals surface area contributed by atoms with Crippen LogP contribution in [0.15, 0.2) is 18.2 Å². The number of nitrogens with zero attached hydrogens (tertiary/aromatic N) is 1. The number of fused-ring (bicyclic) bond motifs is 1. The minimum absolute atomic E-state index is 0.178. The molecule has 21 heavy (non-hydrogen) atoms. The minimum atomic E-state index is -0.262. The van der Waals surface area contributed by atoms with E-state index in [4.69, 9.17) is 4.74 Å². The highest BCUT2D eigenvalue weighted by molar-refractivity contribution is 5.76. The van der Waals surface area contributed by atoms with Gasteiger partial charge in [0.1, 0.15) is 6.04 Å². The van der Waals surface area contributed by atoms with Gasteiger partial charge in [0, 0.05) is 18.8 Å². The molecule has 0 saturated heterocycles. The summed E-state index contributed by atoms with van der Waals surface area (Å²) in [6.07, 6.45) is 3.26. The van der Waals surface area contributed by atoms with Crippen LogP contribution in [0.2, 0.25) is 0 Å². The van der Waals surface area contributed by atoms with Gasteiger partial charge in [0.05, 0.1) is 7.11 Å². The van der Waals surface area contributed by atoms with E-state index in [2.05, 4.69) is 42.3 Å². The van der Waals surface area contributed by atoms with Gasteiger partial charge >= 0.3 is 5.97 Å². The molecule has 1 N–H and O–H groups in total. The van der Waals surface area contributed by atoms with Gasteiger partial charge in [0.25, 0.3) is 0 Å². The maximum atomic E-state index is 11.9. The highest BCUT2D eigenvalue weighted by Crippen LogP contribution is 2.28. The predicted octanol–water partition coefficient (Wildman–Crippen LogP) is 2.29. The number of aryl methyl sites for hydroxylation is 2. The number of esters is 1. The van der Waals surface area contributed by atoms with Crippen molar-refractivity contribution in [2.75, 3.05) is 31.6 Å². The van der Waals surface area contributed by atoms with Gasteiger partial charge in [0.15, 0.2) is 0 Å². The summed E-state index contributed by atoms with van der Waals surface area (Å²) in [7, 11) is 1.45. The van der Waals surface area contributed by atoms with Crippen LogP contribution in [0.25, 0.3) is 0 Å². The first-order valence-electron chi connectivity index (χ1n) is 7.81. The number of benzene rings is 1. The number of carbonyl (C=O) groups is 1. The van der Waals surface area contributed by atoms with Crippen LogP contribution < -0.4 is 10.2 Å². The second-order valence-corrected chi connectivity index (χ2v) is 5.71. The first-order chi connectivity index (χ1) is 10.2. The molecule has 1 aromatic rings. The summed E-state index contributed by atoms with van der Waals surface area (Å²) in [4.78, 5) is 14.3. The van der Waals surface area contributed by atoms with Crippen molar-refractivity contribution in [1.29, 1.82) is 0 Å². The van der Waals surface area contributed by atoms with Crippen molar-refractivity contribution in [3.8, 4) is 0 Å². The molecular formula is C17H26N2O2. The molecule has 0 bridgehead atoms. The zero-order chi connectivity index (χ0) is 15.2. The minimum Gasteiger partial charge on any atom is -0.468 e. The SMILES string of the molecule is CCCNC(CN1CCCc2cc(C)ccc21)C(=O)OC. The Labute approximate surface area is 127 Å². The average molecular weight is 290 g/mol. The van der Waals surface area contributed by atoms with Crippen LogP contribution in [0.4, 0.5) is 5.69 Å². The van der Waals surface area contributed by atoms with E-state index in [0.29, 0.717) is 6.54 Å². The van der Waals surface area contributed by atoms with E-state index in [1.54, 1.807) is 0 Å². The Bertz CT molecular complexity index is 488. The lowest BCUT2D eigenvalue weighted by Crippen LogP contribution is -2.48. The van der Waals surface area contributed by atoms with Gasteiger partial charge in [-0.25, -0.2) is 0 Å². The van der Waals surface area contributed by atoms with Crippen molar-refractivity contribution in [2.45, 2.75) is 39.2 Å². The quantitative estimate of drug-likeness (QED) is 0.816. The van der Waals surface area contributed by atoms with Gasteiger partial charge in [-0.15, -0.1) is 0 Å². The molecule has 0 aliphatic carbocycles. The second-order valence-electron chi connectivity index (χ2n) is 5.71. The van der Waals surface area contributed by atoms with Crippen LogP contribution in [-0.4, -0.2) is 38.8 Å². The van der Waals surface area contributed by atoms with Crippen molar-refractivity contribution in [3.05, 3.63) is 29.3 Å². The molecule has 1 heterocycles. The van der Waals surface area contributed by atoms with Crippen LogP contribution in [-0.2, 0) is 16.0 Å². The number of hydrogen-bond donors (Lipinski definition) is 1. The number of hydrogen-bond acceptors (Lipinski definition) is 4. The number of anilines is 1. The van der Waals surface area contributed by atoms with E-state index in [9.17, 15) is 4.79 Å². The van der Waals surface area contributed by atoms with E-state index in [0.717, 1.165) is 32.4 Å². The van der Waals surface area contributed by atoms with E-state index in [1.807, 2.05) is 0 Å². The van der Waals surface area contributed by atoms with Crippen molar-refractivity contribution in [1.82, 2.24) is 5.32 Å². The number of carbonyl (C=O) groups excluding carboxylic acids is 1. The van der Waals surface area contributed by atoms with Crippen molar-refractivity contribution >= 4 is 11.7 Å². The van der Waals surface area contributed by atoms with Crippen LogP contribution in [0.3, 0.4) is 0 Å². The lowest BCUT2D eigenvalue weighted by Gasteiger charge is -2.34. The van der Waals surface area contributed by atoms with Crippen molar-refractivity contribution in [2.24, 2.45) is 0 Å². The van der Waals surface area contributed by atoms with E-state index >= 15 is 0 Å². The molecule has 1 aromatic carbocycles. The van der Waals surface area contributed by atoms with Crippen LogP contribution in [0, 0.1) is 6.92 Å². The summed E-state index contributed by atoms with van der Waals surface area (Å²) in [5.41, 5.74) is 3.95. The summed E-state index contributed by atoms with van der Waals surface area (Å²) in [6.45, 7) is 6.72. The molecule has 0 fully saturated rings. The third kappa shape index (κ3) is 3.97. The fourth-order valence-corrected chi connectivity index (χ4v) is 2.90. The summed E-state index contributed by atoms with van der Waals surface area (Å²) in [5, 5.41) is 3.29. The molecule has 0 amide bonds. The van der Waals surface area contributed by atoms with E-state index < -0.39 is 0 Å². The second kappa shape index (κ2) is 7.46. The van der Waals surface area contributed by atoms with Crippen molar-refractivity contribution in [3.63, 3.8) is 0 Å². The fourth-order valence-electron chi connectivity index (χ4n) is 2.90. The highest BCUT2D eigenvalue weighted by atomic mass is 16.5. The first-order valence-corrected chi connectivity index (χ1v) is 7.81. The Hall–Kier alpha value is -1.55. The molecule has 116 valence electrons. The van der Waals surface area contributed by atoms with Crippen LogP contribution >= 0.6 is 0 Å². The molecule has 1 aliphatic heterocycles. The average Bonchev–Trinajstić information content (AvgIpc) is 2.50. The fraction of sp³-hybridized carbons (Fsp3) is 0.588. The zero-order valence-electron chi connectivity index (χ0n) is 13.3. The molecule has 4 heteroatoms. The van der Waals surface area contributed by atoms with Crippen LogP contribution in [0.5, 0.6) is 0 Å². The summed E-state index contributed by atoms with van der Waals surface area (Å²) < 4.78 is 4.93. The number of nitrogens with one attached hydrogen (secondary N) is 1. The van der Waals surface area contributed by atoms with Gasteiger partial charge in [0.2, 0.25) is 0 Å². The molecule has 4 nitrogen and oxygen atoms in total. The number of rotatable bonds is 6. The maximum absolute atomic E-state index is 11.9. The van der Waals surface area contributed by atoms with Gasteiger partial charge in [-0.05, 0) is 44.4 Å². The molecule has 1 atom stereocenters.